The second-order valence-electron chi connectivity index (χ2n) is 10.7. The molecule has 224 valence electrons. The van der Waals surface area contributed by atoms with Gasteiger partial charge < -0.3 is 30.9 Å². The minimum atomic E-state index is -0.462. The smallest absolute Gasteiger partial charge is 0.499 e. The molecule has 0 aromatic carbocycles. The maximum atomic E-state index is 11.0. The van der Waals surface area contributed by atoms with Crippen LogP contribution in [0.5, 0.6) is 18.0 Å². The average Bonchev–Trinajstić information content (AvgIpc) is 2.79. The van der Waals surface area contributed by atoms with Crippen molar-refractivity contribution in [2.75, 3.05) is 0 Å². The average molecular weight is 603 g/mol. The molecule has 3 aromatic rings. The SMILES string of the molecule is Cc1cc(CC(C)C)nc(O)[n+]1[O-].Cc1cc(CC(C)C)nc(O)[n+]1[O-].Cc1cc(CC(C)C)nc(O)[n+]1[O-].[Fe]. The maximum Gasteiger partial charge on any atom is 0.499 e. The van der Waals surface area contributed by atoms with Crippen LogP contribution < -0.4 is 14.2 Å². The first-order valence-corrected chi connectivity index (χ1v) is 12.9. The Bertz CT molecular complexity index is 1020. The van der Waals surface area contributed by atoms with Gasteiger partial charge in [-0.3, -0.25) is 0 Å². The molecule has 3 aromatic heterocycles. The number of rotatable bonds is 6. The Balaban J connectivity index is 0.000000563. The van der Waals surface area contributed by atoms with E-state index in [1.165, 1.54) is 0 Å². The molecule has 0 aliphatic carbocycles. The summed E-state index contributed by atoms with van der Waals surface area (Å²) < 4.78 is 1.26. The molecule has 0 fully saturated rings. The molecular weight excluding hydrogens is 560 g/mol. The van der Waals surface area contributed by atoms with Gasteiger partial charge in [-0.15, -0.1) is 0 Å². The van der Waals surface area contributed by atoms with E-state index >= 15 is 0 Å². The van der Waals surface area contributed by atoms with Crippen LogP contribution in [0, 0.1) is 54.1 Å². The molecule has 0 saturated carbocycles. The topological polar surface area (TPSA) is 180 Å². The summed E-state index contributed by atoms with van der Waals surface area (Å²) in [6, 6.07) is 3.72. The predicted molar refractivity (Wildman–Crippen MR) is 144 cm³/mol. The van der Waals surface area contributed by atoms with Crippen molar-refractivity contribution in [3.05, 3.63) is 68.0 Å². The molecule has 0 saturated heterocycles. The molecular formula is C27H42FeN6O6. The Kier molecular flexibility index (Phi) is 15.2. The Morgan fingerprint density at radius 2 is 0.750 bits per heavy atom. The number of aromatic hydroxyl groups is 3. The van der Waals surface area contributed by atoms with Gasteiger partial charge >= 0.3 is 18.0 Å². The van der Waals surface area contributed by atoms with Crippen LogP contribution in [-0.4, -0.2) is 30.3 Å². The normalized spacial score (nSPS) is 10.5. The van der Waals surface area contributed by atoms with Crippen molar-refractivity contribution in [1.82, 2.24) is 15.0 Å². The Morgan fingerprint density at radius 1 is 0.550 bits per heavy atom. The third-order valence-corrected chi connectivity index (χ3v) is 5.22. The summed E-state index contributed by atoms with van der Waals surface area (Å²) in [6.07, 6.45) is 2.32. The van der Waals surface area contributed by atoms with E-state index in [2.05, 4.69) is 56.5 Å². The molecule has 0 amide bonds. The summed E-state index contributed by atoms with van der Waals surface area (Å²) in [5, 5.41) is 60.4. The van der Waals surface area contributed by atoms with Gasteiger partial charge in [-0.2, -0.15) is 14.2 Å². The fourth-order valence-corrected chi connectivity index (χ4v) is 3.56. The number of aromatic nitrogens is 6. The molecule has 0 bridgehead atoms. The van der Waals surface area contributed by atoms with Crippen molar-refractivity contribution in [3.8, 4) is 18.0 Å². The minimum absolute atomic E-state index is 0. The fourth-order valence-electron chi connectivity index (χ4n) is 3.56. The third-order valence-electron chi connectivity index (χ3n) is 5.22. The number of hydrogen-bond donors (Lipinski definition) is 3. The zero-order valence-corrected chi connectivity index (χ0v) is 25.8. The summed E-state index contributed by atoms with van der Waals surface area (Å²) >= 11 is 0. The molecule has 0 spiro atoms. The zero-order chi connectivity index (χ0) is 30.0. The van der Waals surface area contributed by atoms with Crippen LogP contribution in [0.4, 0.5) is 0 Å². The van der Waals surface area contributed by atoms with Gasteiger partial charge in [-0.1, -0.05) is 41.5 Å². The van der Waals surface area contributed by atoms with E-state index in [9.17, 15) is 15.6 Å². The molecule has 0 aliphatic rings. The van der Waals surface area contributed by atoms with E-state index in [4.69, 9.17) is 15.3 Å². The van der Waals surface area contributed by atoms with E-state index in [0.717, 1.165) is 36.3 Å². The summed E-state index contributed by atoms with van der Waals surface area (Å²) in [7, 11) is 0. The first kappa shape index (κ1) is 36.6. The third kappa shape index (κ3) is 12.2. The molecule has 0 radical (unpaired) electrons. The van der Waals surface area contributed by atoms with E-state index in [0.29, 0.717) is 49.0 Å². The molecule has 3 heterocycles. The molecule has 13 heteroatoms. The van der Waals surface area contributed by atoms with E-state index in [1.54, 1.807) is 39.0 Å². The van der Waals surface area contributed by atoms with E-state index in [1.807, 2.05) is 0 Å². The number of hydrogen-bond acceptors (Lipinski definition) is 9. The van der Waals surface area contributed by atoms with Gasteiger partial charge in [0.05, 0.1) is 0 Å². The summed E-state index contributed by atoms with van der Waals surface area (Å²) in [5.41, 5.74) is 3.71. The van der Waals surface area contributed by atoms with Crippen molar-refractivity contribution in [2.24, 2.45) is 17.8 Å². The fraction of sp³-hybridized carbons (Fsp3) is 0.556. The summed E-state index contributed by atoms with van der Waals surface area (Å²) in [4.78, 5) is 11.3. The van der Waals surface area contributed by atoms with Gasteiger partial charge in [0.15, 0.2) is 17.1 Å². The van der Waals surface area contributed by atoms with Crippen molar-refractivity contribution in [1.29, 1.82) is 0 Å². The Morgan fingerprint density at radius 3 is 0.900 bits per heavy atom. The second kappa shape index (κ2) is 16.6. The second-order valence-corrected chi connectivity index (χ2v) is 10.7. The molecule has 12 nitrogen and oxygen atoms in total. The maximum absolute atomic E-state index is 11.0. The van der Waals surface area contributed by atoms with Crippen molar-refractivity contribution in [3.63, 3.8) is 0 Å². The monoisotopic (exact) mass is 602 g/mol. The van der Waals surface area contributed by atoms with Crippen LogP contribution in [0.2, 0.25) is 0 Å². The van der Waals surface area contributed by atoms with Crippen LogP contribution in [0.15, 0.2) is 18.2 Å². The van der Waals surface area contributed by atoms with E-state index in [-0.39, 0.29) is 17.1 Å². The molecule has 0 atom stereocenters. The molecule has 40 heavy (non-hydrogen) atoms. The van der Waals surface area contributed by atoms with Gasteiger partial charge in [-0.25, -0.2) is 0 Å². The first-order valence-electron chi connectivity index (χ1n) is 12.9. The summed E-state index contributed by atoms with van der Waals surface area (Å²) in [5.74, 6) is 1.40. The molecule has 0 unspecified atom stereocenters. The van der Waals surface area contributed by atoms with E-state index < -0.39 is 18.0 Å². The Hall–Kier alpha value is -3.44. The molecule has 3 rings (SSSR count). The van der Waals surface area contributed by atoms with Crippen molar-refractivity contribution >= 4 is 0 Å². The van der Waals surface area contributed by atoms with Crippen molar-refractivity contribution in [2.45, 2.75) is 81.6 Å². The van der Waals surface area contributed by atoms with Crippen LogP contribution in [0.1, 0.15) is 75.7 Å². The van der Waals surface area contributed by atoms with Gasteiger partial charge in [0, 0.05) is 54.5 Å². The predicted octanol–water partition coefficient (Wildman–Crippen LogP) is 2.78. The van der Waals surface area contributed by atoms with Gasteiger partial charge in [0.25, 0.3) is 0 Å². The molecule has 0 aliphatic heterocycles. The Labute approximate surface area is 246 Å². The minimum Gasteiger partial charge on any atom is -0.708 e. The number of nitrogens with zero attached hydrogens (tertiary/aromatic N) is 6. The van der Waals surface area contributed by atoms with Crippen LogP contribution in [-0.2, 0) is 36.3 Å². The van der Waals surface area contributed by atoms with Crippen LogP contribution in [0.3, 0.4) is 0 Å². The standard InChI is InChI=1S/3C9H14N2O2.Fe/c3*1-6(2)4-8-5-7(3)11(13)9(12)10-8;/h3*5-6H,4H2,1-3H3,(H,10,12);. The van der Waals surface area contributed by atoms with Gasteiger partial charge in [0.2, 0.25) is 0 Å². The van der Waals surface area contributed by atoms with Gasteiger partial charge in [-0.05, 0) is 53.5 Å². The van der Waals surface area contributed by atoms with Crippen molar-refractivity contribution < 1.29 is 46.6 Å². The number of aryl methyl sites for hydroxylation is 3. The van der Waals surface area contributed by atoms with Crippen LogP contribution in [0.25, 0.3) is 0 Å². The largest absolute Gasteiger partial charge is 0.708 e. The zero-order valence-electron chi connectivity index (χ0n) is 24.7. The van der Waals surface area contributed by atoms with Gasteiger partial charge in [0.1, 0.15) is 17.1 Å². The quantitative estimate of drug-likeness (QED) is 0.217. The molecule has 3 N–H and O–H groups in total. The van der Waals surface area contributed by atoms with Crippen LogP contribution >= 0.6 is 0 Å². The summed E-state index contributed by atoms with van der Waals surface area (Å²) in [6.45, 7) is 17.3. The first-order chi connectivity index (χ1) is 18.0.